The first-order valence-corrected chi connectivity index (χ1v) is 15.9. The molecule has 4 rings (SSSR count). The van der Waals surface area contributed by atoms with Crippen molar-refractivity contribution < 1.29 is 23.9 Å². The number of nitrogens with zero attached hydrogens (tertiary/aromatic N) is 2. The molecule has 1 aliphatic heterocycles. The molecule has 1 N–H and O–H groups in total. The lowest BCUT2D eigenvalue weighted by molar-refractivity contribution is -0.181. The van der Waals surface area contributed by atoms with Crippen molar-refractivity contribution in [3.05, 3.63) is 105 Å². The van der Waals surface area contributed by atoms with E-state index in [9.17, 15) is 19.6 Å². The first-order chi connectivity index (χ1) is 21.7. The molecule has 1 aliphatic rings. The summed E-state index contributed by atoms with van der Waals surface area (Å²) in [6.45, 7) is 4.27. The molecule has 10 heteroatoms. The second kappa shape index (κ2) is 16.4. The van der Waals surface area contributed by atoms with Gasteiger partial charge in [-0.1, -0.05) is 72.9 Å². The number of esters is 1. The summed E-state index contributed by atoms with van der Waals surface area (Å²) < 4.78 is 11.7. The van der Waals surface area contributed by atoms with Crippen LogP contribution >= 0.6 is 23.2 Å². The van der Waals surface area contributed by atoms with E-state index in [1.165, 1.54) is 0 Å². The SMILES string of the molecule is CCCC(C(=O)NCCCC(=O)OCC)N1C(=O)[C@H](Cc2ccc(C#N)cc2)O[C@@H](c2ccc(Cl)cc2)[C@H]1c1ccc(Cl)cc1. The molecule has 3 aromatic carbocycles. The van der Waals surface area contributed by atoms with Crippen LogP contribution in [-0.4, -0.2) is 48.0 Å². The molecule has 0 aromatic heterocycles. The number of carbonyl (C=O) groups is 3. The number of nitriles is 1. The third-order valence-corrected chi connectivity index (χ3v) is 8.21. The Labute approximate surface area is 274 Å². The van der Waals surface area contributed by atoms with Crippen molar-refractivity contribution in [1.29, 1.82) is 5.26 Å². The van der Waals surface area contributed by atoms with E-state index in [1.54, 1.807) is 48.2 Å². The Bertz CT molecular complexity index is 1490. The van der Waals surface area contributed by atoms with Crippen LogP contribution in [0.1, 0.15) is 73.9 Å². The summed E-state index contributed by atoms with van der Waals surface area (Å²) in [5.74, 6) is -0.939. The van der Waals surface area contributed by atoms with Gasteiger partial charge in [0.05, 0.1) is 24.3 Å². The summed E-state index contributed by atoms with van der Waals surface area (Å²) in [6, 6.07) is 22.2. The molecule has 236 valence electrons. The lowest BCUT2D eigenvalue weighted by Crippen LogP contribution is -2.59. The topological polar surface area (TPSA) is 109 Å². The van der Waals surface area contributed by atoms with Gasteiger partial charge in [-0.05, 0) is 72.9 Å². The van der Waals surface area contributed by atoms with Gasteiger partial charge in [-0.25, -0.2) is 0 Å². The Balaban J connectivity index is 1.74. The van der Waals surface area contributed by atoms with E-state index in [1.807, 2.05) is 43.3 Å². The van der Waals surface area contributed by atoms with Crippen LogP contribution in [-0.2, 0) is 30.3 Å². The first-order valence-electron chi connectivity index (χ1n) is 15.2. The van der Waals surface area contributed by atoms with Crippen LogP contribution in [0.5, 0.6) is 0 Å². The lowest BCUT2D eigenvalue weighted by atomic mass is 9.88. The van der Waals surface area contributed by atoms with Crippen LogP contribution in [0.3, 0.4) is 0 Å². The highest BCUT2D eigenvalue weighted by Gasteiger charge is 2.48. The summed E-state index contributed by atoms with van der Waals surface area (Å²) >= 11 is 12.5. The highest BCUT2D eigenvalue weighted by Crippen LogP contribution is 2.44. The van der Waals surface area contributed by atoms with Crippen LogP contribution in [0.4, 0.5) is 0 Å². The summed E-state index contributed by atoms with van der Waals surface area (Å²) in [5, 5.41) is 13.3. The Hall–Kier alpha value is -3.90. The van der Waals surface area contributed by atoms with Gasteiger partial charge in [0, 0.05) is 29.4 Å². The average Bonchev–Trinajstić information content (AvgIpc) is 3.04. The molecule has 0 bridgehead atoms. The Morgan fingerprint density at radius 3 is 2.18 bits per heavy atom. The molecular weight excluding hydrogens is 613 g/mol. The molecule has 0 spiro atoms. The van der Waals surface area contributed by atoms with Gasteiger partial charge in [0.15, 0.2) is 0 Å². The molecule has 1 unspecified atom stereocenters. The number of halogens is 2. The van der Waals surface area contributed by atoms with E-state index in [0.717, 1.165) is 16.7 Å². The molecule has 0 radical (unpaired) electrons. The minimum absolute atomic E-state index is 0.182. The molecule has 8 nitrogen and oxygen atoms in total. The smallest absolute Gasteiger partial charge is 0.305 e. The van der Waals surface area contributed by atoms with Crippen molar-refractivity contribution in [3.8, 4) is 6.07 Å². The van der Waals surface area contributed by atoms with Crippen molar-refractivity contribution in [2.75, 3.05) is 13.2 Å². The van der Waals surface area contributed by atoms with E-state index in [0.29, 0.717) is 41.5 Å². The zero-order chi connectivity index (χ0) is 32.3. The van der Waals surface area contributed by atoms with Gasteiger partial charge in [-0.2, -0.15) is 5.26 Å². The third kappa shape index (κ3) is 8.85. The quantitative estimate of drug-likeness (QED) is 0.162. The zero-order valence-corrected chi connectivity index (χ0v) is 26.9. The lowest BCUT2D eigenvalue weighted by Gasteiger charge is -2.47. The van der Waals surface area contributed by atoms with Crippen LogP contribution in [0, 0.1) is 11.3 Å². The van der Waals surface area contributed by atoms with Crippen LogP contribution in [0.15, 0.2) is 72.8 Å². The number of amides is 2. The summed E-state index contributed by atoms with van der Waals surface area (Å²) in [6.07, 6.45) is 0.357. The molecule has 1 heterocycles. The summed E-state index contributed by atoms with van der Waals surface area (Å²) in [5.41, 5.74) is 2.90. The summed E-state index contributed by atoms with van der Waals surface area (Å²) in [4.78, 5) is 41.9. The largest absolute Gasteiger partial charge is 0.466 e. The van der Waals surface area contributed by atoms with Crippen LogP contribution < -0.4 is 5.32 Å². The molecule has 0 aliphatic carbocycles. The molecule has 2 amide bonds. The van der Waals surface area contributed by atoms with E-state index >= 15 is 0 Å². The maximum Gasteiger partial charge on any atom is 0.305 e. The third-order valence-electron chi connectivity index (χ3n) is 7.70. The Morgan fingerprint density at radius 2 is 1.60 bits per heavy atom. The van der Waals surface area contributed by atoms with Crippen molar-refractivity contribution in [2.45, 2.75) is 70.2 Å². The van der Waals surface area contributed by atoms with Gasteiger partial charge in [0.25, 0.3) is 5.91 Å². The number of hydrogen-bond acceptors (Lipinski definition) is 6. The highest BCUT2D eigenvalue weighted by molar-refractivity contribution is 6.30. The van der Waals surface area contributed by atoms with Crippen molar-refractivity contribution in [2.24, 2.45) is 0 Å². The maximum absolute atomic E-state index is 14.5. The molecule has 0 saturated carbocycles. The first kappa shape index (κ1) is 34.0. The Morgan fingerprint density at radius 1 is 0.978 bits per heavy atom. The zero-order valence-electron chi connectivity index (χ0n) is 25.4. The van der Waals surface area contributed by atoms with Gasteiger partial charge in [-0.15, -0.1) is 0 Å². The van der Waals surface area contributed by atoms with E-state index < -0.39 is 24.3 Å². The normalized spacial score (nSPS) is 18.6. The number of hydrogen-bond donors (Lipinski definition) is 1. The minimum atomic E-state index is -0.905. The second-order valence-corrected chi connectivity index (χ2v) is 11.7. The highest BCUT2D eigenvalue weighted by atomic mass is 35.5. The van der Waals surface area contributed by atoms with Gasteiger partial charge in [0.1, 0.15) is 18.2 Å². The minimum Gasteiger partial charge on any atom is -0.466 e. The number of morpholine rings is 1. The molecular formula is C35H37Cl2N3O5. The average molecular weight is 651 g/mol. The Kier molecular flexibility index (Phi) is 12.4. The number of ether oxygens (including phenoxy) is 2. The van der Waals surface area contributed by atoms with Gasteiger partial charge in [-0.3, -0.25) is 14.4 Å². The fourth-order valence-electron chi connectivity index (χ4n) is 5.55. The number of benzene rings is 3. The van der Waals surface area contributed by atoms with Crippen LogP contribution in [0.2, 0.25) is 10.0 Å². The molecule has 45 heavy (non-hydrogen) atoms. The van der Waals surface area contributed by atoms with Crippen molar-refractivity contribution in [3.63, 3.8) is 0 Å². The van der Waals surface area contributed by atoms with E-state index in [2.05, 4.69) is 11.4 Å². The predicted octanol–water partition coefficient (Wildman–Crippen LogP) is 6.75. The van der Waals surface area contributed by atoms with Gasteiger partial charge < -0.3 is 19.7 Å². The van der Waals surface area contributed by atoms with Crippen molar-refractivity contribution >= 4 is 41.0 Å². The fourth-order valence-corrected chi connectivity index (χ4v) is 5.80. The predicted molar refractivity (Wildman–Crippen MR) is 173 cm³/mol. The number of rotatable bonds is 13. The molecule has 3 aromatic rings. The number of carbonyl (C=O) groups excluding carboxylic acids is 3. The molecule has 1 saturated heterocycles. The second-order valence-electron chi connectivity index (χ2n) is 10.9. The fraction of sp³-hybridized carbons (Fsp3) is 0.371. The summed E-state index contributed by atoms with van der Waals surface area (Å²) in [7, 11) is 0. The molecule has 4 atom stereocenters. The van der Waals surface area contributed by atoms with E-state index in [-0.39, 0.29) is 37.2 Å². The maximum atomic E-state index is 14.5. The molecule has 1 fully saturated rings. The van der Waals surface area contributed by atoms with Gasteiger partial charge >= 0.3 is 5.97 Å². The van der Waals surface area contributed by atoms with Crippen LogP contribution in [0.25, 0.3) is 0 Å². The number of nitrogens with one attached hydrogen (secondary N) is 1. The van der Waals surface area contributed by atoms with Gasteiger partial charge in [0.2, 0.25) is 5.91 Å². The standard InChI is InChI=1S/C35H37Cl2N3O5/c1-3-6-29(34(42)39-20-5-7-31(41)44-4-2)40-32(25-12-16-27(36)17-13-25)33(26-14-18-28(37)19-15-26)45-30(35(40)43)21-23-8-10-24(22-38)11-9-23/h8-19,29-30,32-33H,3-7,20-21H2,1-2H3,(H,39,42)/t29?,30-,32+,33-/m0/s1. The van der Waals surface area contributed by atoms with Crippen molar-refractivity contribution in [1.82, 2.24) is 10.2 Å². The monoisotopic (exact) mass is 649 g/mol. The van der Waals surface area contributed by atoms with E-state index in [4.69, 9.17) is 32.7 Å².